The lowest BCUT2D eigenvalue weighted by Gasteiger charge is -2.13. The minimum absolute atomic E-state index is 0.563. The van der Waals surface area contributed by atoms with Crippen LogP contribution >= 0.6 is 11.3 Å². The van der Waals surface area contributed by atoms with Gasteiger partial charge in [-0.05, 0) is 42.5 Å². The molecule has 6 aromatic carbocycles. The van der Waals surface area contributed by atoms with E-state index in [9.17, 15) is 0 Å². The van der Waals surface area contributed by atoms with E-state index in [4.69, 9.17) is 19.9 Å². The highest BCUT2D eigenvalue weighted by Crippen LogP contribution is 2.42. The fourth-order valence-corrected chi connectivity index (χ4v) is 8.85. The molecular weight excluding hydrogens is 645 g/mol. The van der Waals surface area contributed by atoms with Gasteiger partial charge in [-0.2, -0.15) is 9.97 Å². The summed E-state index contributed by atoms with van der Waals surface area (Å²) in [4.78, 5) is 20.8. The molecule has 0 aliphatic heterocycles. The monoisotopic (exact) mass is 670 g/mol. The minimum atomic E-state index is 0.563. The molecule has 0 N–H and O–H groups in total. The van der Waals surface area contributed by atoms with Crippen LogP contribution in [0.3, 0.4) is 0 Å². The maximum absolute atomic E-state index is 5.38. The smallest absolute Gasteiger partial charge is 0.238 e. The summed E-state index contributed by atoms with van der Waals surface area (Å²) in [5, 5.41) is 6.90. The summed E-state index contributed by atoms with van der Waals surface area (Å²) in [6.07, 6.45) is 1.87. The van der Waals surface area contributed by atoms with Crippen LogP contribution in [0.1, 0.15) is 0 Å². The van der Waals surface area contributed by atoms with Gasteiger partial charge in [0, 0.05) is 64.7 Å². The molecule has 0 atom stereocenters. The molecule has 238 valence electrons. The zero-order valence-electron chi connectivity index (χ0n) is 27.1. The van der Waals surface area contributed by atoms with E-state index in [-0.39, 0.29) is 0 Å². The SMILES string of the molecule is c1ccc(-c2nc(-c3cccc4c3sc3ccccc34)nc(-n3c4ccccc4c4ccc5c6cccnc6n(-c6ccccc6)c5c43)n2)cc1. The van der Waals surface area contributed by atoms with Crippen molar-refractivity contribution in [2.24, 2.45) is 0 Å². The van der Waals surface area contributed by atoms with Crippen molar-refractivity contribution >= 4 is 75.3 Å². The van der Waals surface area contributed by atoms with Crippen molar-refractivity contribution in [1.82, 2.24) is 29.1 Å². The number of benzene rings is 6. The lowest BCUT2D eigenvalue weighted by atomic mass is 10.1. The third-order valence-corrected chi connectivity index (χ3v) is 11.1. The van der Waals surface area contributed by atoms with Gasteiger partial charge in [-0.3, -0.25) is 9.13 Å². The summed E-state index contributed by atoms with van der Waals surface area (Å²) in [5.74, 6) is 1.82. The van der Waals surface area contributed by atoms with Crippen LogP contribution in [-0.4, -0.2) is 29.1 Å². The molecular formula is C44H26N6S. The van der Waals surface area contributed by atoms with Crippen LogP contribution in [0.25, 0.3) is 98.3 Å². The van der Waals surface area contributed by atoms with Gasteiger partial charge in [0.15, 0.2) is 11.6 Å². The predicted molar refractivity (Wildman–Crippen MR) is 210 cm³/mol. The van der Waals surface area contributed by atoms with E-state index in [2.05, 4.69) is 130 Å². The Kier molecular flexibility index (Phi) is 6.02. The molecule has 0 saturated carbocycles. The van der Waals surface area contributed by atoms with Gasteiger partial charge in [-0.1, -0.05) is 109 Å². The number of hydrogen-bond donors (Lipinski definition) is 0. The van der Waals surface area contributed by atoms with Gasteiger partial charge in [0.05, 0.1) is 16.6 Å². The summed E-state index contributed by atoms with van der Waals surface area (Å²) in [7, 11) is 0. The Morgan fingerprint density at radius 1 is 0.451 bits per heavy atom. The lowest BCUT2D eigenvalue weighted by Crippen LogP contribution is -2.07. The van der Waals surface area contributed by atoms with Crippen molar-refractivity contribution in [3.05, 3.63) is 158 Å². The molecule has 0 unspecified atom stereocenters. The number of pyridine rings is 1. The van der Waals surface area contributed by atoms with E-state index in [1.807, 2.05) is 36.5 Å². The van der Waals surface area contributed by atoms with Crippen molar-refractivity contribution in [1.29, 1.82) is 0 Å². The highest BCUT2D eigenvalue weighted by Gasteiger charge is 2.24. The molecule has 0 bridgehead atoms. The molecule has 0 fully saturated rings. The molecule has 11 rings (SSSR count). The minimum Gasteiger partial charge on any atom is -0.292 e. The van der Waals surface area contributed by atoms with Gasteiger partial charge in [0.2, 0.25) is 5.95 Å². The summed E-state index contributed by atoms with van der Waals surface area (Å²) < 4.78 is 6.91. The standard InChI is InChI=1S/C44H26N6S/c1-3-13-27(14-4-1)41-46-42(35-20-11-19-33-30-18-8-10-23-37(30)51-40(33)35)48-44(47-41)50-36-22-9-7-17-29(36)31-24-25-32-34-21-12-26-45-43(34)49(38(32)39(31)50)28-15-5-2-6-16-28/h1-26H. The normalized spacial score (nSPS) is 11.9. The molecule has 0 aliphatic carbocycles. The Hall–Kier alpha value is -6.70. The first kappa shape index (κ1) is 28.2. The Bertz CT molecular complexity index is 3140. The molecule has 5 heterocycles. The van der Waals surface area contributed by atoms with Gasteiger partial charge < -0.3 is 0 Å². The van der Waals surface area contributed by atoms with Crippen molar-refractivity contribution in [3.63, 3.8) is 0 Å². The van der Waals surface area contributed by atoms with E-state index in [0.29, 0.717) is 17.6 Å². The summed E-state index contributed by atoms with van der Waals surface area (Å²) in [6, 6.07) is 52.8. The highest BCUT2D eigenvalue weighted by molar-refractivity contribution is 7.26. The third kappa shape index (κ3) is 4.16. The number of nitrogens with zero attached hydrogens (tertiary/aromatic N) is 6. The molecule has 0 saturated heterocycles. The largest absolute Gasteiger partial charge is 0.292 e. The molecule has 0 radical (unpaired) electrons. The second-order valence-corrected chi connectivity index (χ2v) is 13.7. The van der Waals surface area contributed by atoms with Gasteiger partial charge >= 0.3 is 0 Å². The van der Waals surface area contributed by atoms with Crippen LogP contribution in [0.2, 0.25) is 0 Å². The van der Waals surface area contributed by atoms with Crippen molar-refractivity contribution in [3.8, 4) is 34.4 Å². The molecule has 0 aliphatic rings. The first-order valence-electron chi connectivity index (χ1n) is 16.9. The van der Waals surface area contributed by atoms with Crippen LogP contribution in [0.15, 0.2) is 158 Å². The molecule has 5 aromatic heterocycles. The Balaban J connectivity index is 1.30. The molecule has 7 heteroatoms. The zero-order valence-corrected chi connectivity index (χ0v) is 27.9. The highest BCUT2D eigenvalue weighted by atomic mass is 32.1. The molecule has 0 amide bonds. The average Bonchev–Trinajstić information content (AvgIpc) is 3.86. The summed E-state index contributed by atoms with van der Waals surface area (Å²) in [5.41, 5.74) is 6.96. The van der Waals surface area contributed by atoms with E-state index >= 15 is 0 Å². The van der Waals surface area contributed by atoms with E-state index in [1.165, 1.54) is 15.5 Å². The molecule has 0 spiro atoms. The number of para-hydroxylation sites is 2. The maximum atomic E-state index is 5.38. The number of thiophene rings is 1. The first-order valence-corrected chi connectivity index (χ1v) is 17.7. The van der Waals surface area contributed by atoms with Crippen LogP contribution in [-0.2, 0) is 0 Å². The van der Waals surface area contributed by atoms with Crippen LogP contribution < -0.4 is 0 Å². The van der Waals surface area contributed by atoms with Gasteiger partial charge in [-0.25, -0.2) is 9.97 Å². The predicted octanol–water partition coefficient (Wildman–Crippen LogP) is 11.2. The summed E-state index contributed by atoms with van der Waals surface area (Å²) >= 11 is 1.78. The van der Waals surface area contributed by atoms with Gasteiger partial charge in [-0.15, -0.1) is 11.3 Å². The van der Waals surface area contributed by atoms with Crippen LogP contribution in [0, 0.1) is 0 Å². The van der Waals surface area contributed by atoms with E-state index < -0.39 is 0 Å². The molecule has 51 heavy (non-hydrogen) atoms. The molecule has 11 aromatic rings. The van der Waals surface area contributed by atoms with Crippen LogP contribution in [0.4, 0.5) is 0 Å². The number of rotatable bonds is 4. The lowest BCUT2D eigenvalue weighted by molar-refractivity contribution is 0.954. The molecule has 6 nitrogen and oxygen atoms in total. The summed E-state index contributed by atoms with van der Waals surface area (Å²) in [6.45, 7) is 0. The Morgan fingerprint density at radius 3 is 1.98 bits per heavy atom. The quantitative estimate of drug-likeness (QED) is 0.187. The topological polar surface area (TPSA) is 61.4 Å². The average molecular weight is 671 g/mol. The first-order chi connectivity index (χ1) is 25.3. The van der Waals surface area contributed by atoms with Crippen LogP contribution in [0.5, 0.6) is 0 Å². The van der Waals surface area contributed by atoms with Gasteiger partial charge in [0.1, 0.15) is 5.65 Å². The second-order valence-electron chi connectivity index (χ2n) is 12.7. The van der Waals surface area contributed by atoms with E-state index in [0.717, 1.165) is 65.3 Å². The third-order valence-electron chi connectivity index (χ3n) is 9.84. The number of aromatic nitrogens is 6. The fourth-order valence-electron chi connectivity index (χ4n) is 7.64. The fraction of sp³-hybridized carbons (Fsp3) is 0. The second kappa shape index (κ2) is 10.9. The van der Waals surface area contributed by atoms with Crippen molar-refractivity contribution in [2.45, 2.75) is 0 Å². The Morgan fingerprint density at radius 2 is 1.12 bits per heavy atom. The van der Waals surface area contributed by atoms with Crippen molar-refractivity contribution < 1.29 is 0 Å². The maximum Gasteiger partial charge on any atom is 0.238 e. The Labute approximate surface area is 295 Å². The van der Waals surface area contributed by atoms with Crippen molar-refractivity contribution in [2.75, 3.05) is 0 Å². The van der Waals surface area contributed by atoms with Gasteiger partial charge in [0.25, 0.3) is 0 Å². The zero-order chi connectivity index (χ0) is 33.5. The number of fused-ring (bicyclic) bond motifs is 10. The van der Waals surface area contributed by atoms with E-state index in [1.54, 1.807) is 11.3 Å². The number of hydrogen-bond acceptors (Lipinski definition) is 5.